The molecule has 5 heavy (non-hydrogen) atoms. The molecule has 0 aliphatic heterocycles. The predicted molar refractivity (Wildman–Crippen MR) is 31.1 cm³/mol. The van der Waals surface area contributed by atoms with E-state index in [1.807, 2.05) is 0 Å². The smallest absolute Gasteiger partial charge is 0 e. The van der Waals surface area contributed by atoms with Gasteiger partial charge in [-0.25, -0.2) is 0 Å². The minimum absolute atomic E-state index is 0. The summed E-state index contributed by atoms with van der Waals surface area (Å²) in [6.07, 6.45) is 0. The maximum absolute atomic E-state index is 0. The Hall–Kier alpha value is 1.12. The topological polar surface area (TPSA) is 30.5 Å². The number of hydrogen-bond donors (Lipinski definition) is 0. The summed E-state index contributed by atoms with van der Waals surface area (Å²) in [5, 5.41) is 0. The first-order valence-corrected chi connectivity index (χ1v) is 0. The van der Waals surface area contributed by atoms with Gasteiger partial charge in [-0.2, -0.15) is 0 Å². The average molecular weight is 160 g/mol. The predicted octanol–water partition coefficient (Wildman–Crippen LogP) is 1.21. The second kappa shape index (κ2) is 69.3. The van der Waals surface area contributed by atoms with Crippen LogP contribution in [-0.4, -0.2) is 0 Å². The molecule has 0 heterocycles. The SMILES string of the molecule is Cl.Cl.Cl.Cl.[N]. The van der Waals surface area contributed by atoms with E-state index >= 15 is 0 Å². The van der Waals surface area contributed by atoms with Crippen molar-refractivity contribution in [2.24, 2.45) is 0 Å². The normalized spacial score (nSPS) is 0. The van der Waals surface area contributed by atoms with E-state index in [0.717, 1.165) is 0 Å². The molecule has 0 bridgehead atoms. The van der Waals surface area contributed by atoms with Crippen LogP contribution in [0.4, 0.5) is 0 Å². The molecule has 0 aromatic carbocycles. The number of hydrogen-bond acceptors (Lipinski definition) is 0. The van der Waals surface area contributed by atoms with Crippen molar-refractivity contribution in [2.45, 2.75) is 0 Å². The molecule has 0 spiro atoms. The Morgan fingerprint density at radius 3 is 0.400 bits per heavy atom. The molecular weight excluding hydrogens is 156 g/mol. The van der Waals surface area contributed by atoms with Gasteiger partial charge < -0.3 is 0 Å². The summed E-state index contributed by atoms with van der Waals surface area (Å²) in [6, 6.07) is 0. The molecule has 0 amide bonds. The van der Waals surface area contributed by atoms with Crippen molar-refractivity contribution in [3.63, 3.8) is 0 Å². The van der Waals surface area contributed by atoms with Crippen molar-refractivity contribution in [1.29, 1.82) is 0 Å². The van der Waals surface area contributed by atoms with Crippen LogP contribution in [0.5, 0.6) is 0 Å². The molecule has 0 rings (SSSR count). The summed E-state index contributed by atoms with van der Waals surface area (Å²) in [6.45, 7) is 0. The third-order valence-corrected chi connectivity index (χ3v) is 0. The molecule has 0 atom stereocenters. The van der Waals surface area contributed by atoms with E-state index in [0.29, 0.717) is 0 Å². The fraction of sp³-hybridized carbons (Fsp3) is 0. The number of halogens is 4. The fourth-order valence-electron chi connectivity index (χ4n) is 0. The Balaban J connectivity index is 0. The van der Waals surface area contributed by atoms with Crippen LogP contribution in [0.2, 0.25) is 0 Å². The van der Waals surface area contributed by atoms with Gasteiger partial charge in [-0.05, 0) is 0 Å². The van der Waals surface area contributed by atoms with Gasteiger partial charge in [0.2, 0.25) is 0 Å². The second-order valence-electron chi connectivity index (χ2n) is 0. The summed E-state index contributed by atoms with van der Waals surface area (Å²) in [7, 11) is 0. The maximum atomic E-state index is 0. The second-order valence-corrected chi connectivity index (χ2v) is 0. The molecule has 37 valence electrons. The molecule has 0 N–H and O–H groups in total. The Morgan fingerprint density at radius 2 is 0.400 bits per heavy atom. The van der Waals surface area contributed by atoms with E-state index < -0.39 is 0 Å². The average Bonchev–Trinajstić information content (AvgIpc) is 0. The van der Waals surface area contributed by atoms with Crippen molar-refractivity contribution in [1.82, 2.24) is 6.15 Å². The van der Waals surface area contributed by atoms with Crippen LogP contribution in [0.3, 0.4) is 0 Å². The van der Waals surface area contributed by atoms with Crippen molar-refractivity contribution >= 4 is 49.6 Å². The summed E-state index contributed by atoms with van der Waals surface area (Å²) in [5.74, 6) is 0. The van der Waals surface area contributed by atoms with E-state index in [-0.39, 0.29) is 55.8 Å². The Morgan fingerprint density at radius 1 is 0.400 bits per heavy atom. The molecule has 0 aromatic rings. The molecule has 0 saturated carbocycles. The summed E-state index contributed by atoms with van der Waals surface area (Å²) in [5.41, 5.74) is 0. The fourth-order valence-corrected chi connectivity index (χ4v) is 0. The maximum Gasteiger partial charge on any atom is 0 e. The van der Waals surface area contributed by atoms with E-state index in [9.17, 15) is 0 Å². The van der Waals surface area contributed by atoms with Gasteiger partial charge in [0.15, 0.2) is 0 Å². The molecule has 5 heteroatoms. The summed E-state index contributed by atoms with van der Waals surface area (Å²) in [4.78, 5) is 0. The van der Waals surface area contributed by atoms with Crippen molar-refractivity contribution in [3.05, 3.63) is 0 Å². The summed E-state index contributed by atoms with van der Waals surface area (Å²) >= 11 is 0. The molecule has 0 saturated heterocycles. The summed E-state index contributed by atoms with van der Waals surface area (Å²) < 4.78 is 0. The minimum Gasteiger partial charge on any atom is -0.147 e. The molecule has 0 aliphatic carbocycles. The zero-order valence-corrected chi connectivity index (χ0v) is 5.35. The van der Waals surface area contributed by atoms with Gasteiger partial charge in [0, 0.05) is 6.15 Å². The molecule has 0 aromatic heterocycles. The van der Waals surface area contributed by atoms with Crippen LogP contribution in [0.15, 0.2) is 0 Å². The van der Waals surface area contributed by atoms with Crippen LogP contribution in [0.1, 0.15) is 0 Å². The van der Waals surface area contributed by atoms with Gasteiger partial charge in [0.05, 0.1) is 0 Å². The standard InChI is InChI=1S/4ClH.N/h4*1H;. The third-order valence-electron chi connectivity index (χ3n) is 0. The molecular formula is H4Cl4N. The highest BCUT2D eigenvalue weighted by atomic mass is 35.5. The number of rotatable bonds is 0. The molecule has 0 unspecified atom stereocenters. The quantitative estimate of drug-likeness (QED) is 0.509. The van der Waals surface area contributed by atoms with E-state index in [2.05, 4.69) is 0 Å². The van der Waals surface area contributed by atoms with Crippen molar-refractivity contribution in [2.75, 3.05) is 0 Å². The van der Waals surface area contributed by atoms with Crippen molar-refractivity contribution < 1.29 is 0 Å². The third kappa shape index (κ3) is 39.7. The van der Waals surface area contributed by atoms with Gasteiger partial charge in [-0.1, -0.05) is 0 Å². The van der Waals surface area contributed by atoms with Gasteiger partial charge in [-0.15, -0.1) is 49.6 Å². The van der Waals surface area contributed by atoms with Crippen LogP contribution in [0, 0.1) is 0 Å². The van der Waals surface area contributed by atoms with Gasteiger partial charge >= 0.3 is 0 Å². The highest BCUT2D eigenvalue weighted by Gasteiger charge is 0.0000279. The Bertz CT molecular complexity index is 3.61. The van der Waals surface area contributed by atoms with Gasteiger partial charge in [-0.3, -0.25) is 0 Å². The van der Waals surface area contributed by atoms with Crippen LogP contribution in [0.25, 0.3) is 0 Å². The lowest BCUT2D eigenvalue weighted by Gasteiger charge is -0.148. The van der Waals surface area contributed by atoms with E-state index in [4.69, 9.17) is 0 Å². The van der Waals surface area contributed by atoms with Crippen LogP contribution in [-0.2, 0) is 0 Å². The first kappa shape index (κ1) is 128. The molecule has 0 aliphatic rings. The van der Waals surface area contributed by atoms with Crippen molar-refractivity contribution in [3.8, 4) is 0 Å². The zero-order valence-electron chi connectivity index (χ0n) is 2.08. The zero-order chi connectivity index (χ0) is 0. The van der Waals surface area contributed by atoms with Gasteiger partial charge in [0.1, 0.15) is 0 Å². The first-order valence-electron chi connectivity index (χ1n) is 0. The Labute approximate surface area is 56.1 Å². The van der Waals surface area contributed by atoms with Crippen LogP contribution < -0.4 is 6.15 Å². The molecule has 1 nitrogen and oxygen atoms in total. The highest BCUT2D eigenvalue weighted by Crippen LogP contribution is 0.693. The minimum atomic E-state index is 0. The van der Waals surface area contributed by atoms with Crippen LogP contribution >= 0.6 is 49.6 Å². The van der Waals surface area contributed by atoms with E-state index in [1.54, 1.807) is 0 Å². The molecule has 0 fully saturated rings. The lowest BCUT2D eigenvalue weighted by atomic mass is 14.0. The first-order chi connectivity index (χ1) is 0. The molecule has 3 radical (unpaired) electrons. The monoisotopic (exact) mass is 158 g/mol. The lowest BCUT2D eigenvalue weighted by molar-refractivity contribution is 2.13. The van der Waals surface area contributed by atoms with E-state index in [1.165, 1.54) is 0 Å². The van der Waals surface area contributed by atoms with Gasteiger partial charge in [0.25, 0.3) is 0 Å². The largest absolute Gasteiger partial charge is 0.147 e. The number of nitrogens with zero attached hydrogens (tertiary/aromatic N) is 1. The highest BCUT2D eigenvalue weighted by molar-refractivity contribution is 5.86. The Kier molecular flexibility index (Phi) is 1770. The lowest BCUT2D eigenvalue weighted by Crippen LogP contribution is -0.481.